The second-order valence-electron chi connectivity index (χ2n) is 7.48. The van der Waals surface area contributed by atoms with Crippen molar-refractivity contribution in [3.63, 3.8) is 0 Å². The number of carbonyl (C=O) groups is 1. The van der Waals surface area contributed by atoms with Crippen LogP contribution in [-0.2, 0) is 11.3 Å². The van der Waals surface area contributed by atoms with Crippen molar-refractivity contribution in [2.75, 3.05) is 5.32 Å². The molecule has 1 aromatic heterocycles. The first-order valence-electron chi connectivity index (χ1n) is 10.7. The minimum absolute atomic E-state index is 0.230. The van der Waals surface area contributed by atoms with Gasteiger partial charge in [-0.25, -0.2) is 5.43 Å². The number of nitrogens with one attached hydrogen (secondary N) is 2. The summed E-state index contributed by atoms with van der Waals surface area (Å²) in [5, 5.41) is 17.0. The van der Waals surface area contributed by atoms with E-state index in [0.717, 1.165) is 27.2 Å². The predicted molar refractivity (Wildman–Crippen MR) is 145 cm³/mol. The lowest BCUT2D eigenvalue weighted by atomic mass is 10.2. The molecule has 7 nitrogen and oxygen atoms in total. The van der Waals surface area contributed by atoms with E-state index in [1.807, 2.05) is 90.4 Å². The number of nitrogens with zero attached hydrogens (tertiary/aromatic N) is 4. The van der Waals surface area contributed by atoms with Gasteiger partial charge in [0.2, 0.25) is 0 Å². The lowest BCUT2D eigenvalue weighted by Gasteiger charge is -2.13. The van der Waals surface area contributed by atoms with E-state index in [0.29, 0.717) is 16.7 Å². The molecular weight excluding hydrogens is 548 g/mol. The zero-order valence-electron chi connectivity index (χ0n) is 18.7. The van der Waals surface area contributed by atoms with Crippen LogP contribution in [0.2, 0.25) is 5.02 Å². The van der Waals surface area contributed by atoms with Crippen molar-refractivity contribution in [2.24, 2.45) is 5.10 Å². The number of benzene rings is 3. The van der Waals surface area contributed by atoms with Crippen molar-refractivity contribution < 1.29 is 4.79 Å². The highest BCUT2D eigenvalue weighted by Gasteiger charge is 2.21. The van der Waals surface area contributed by atoms with Gasteiger partial charge in [-0.05, 0) is 61.0 Å². The Hall–Kier alpha value is -3.14. The number of aromatic nitrogens is 3. The summed E-state index contributed by atoms with van der Waals surface area (Å²) in [4.78, 5) is 12.7. The molecule has 0 saturated heterocycles. The molecule has 0 saturated carbocycles. The van der Waals surface area contributed by atoms with E-state index in [4.69, 9.17) is 11.6 Å². The fraction of sp³-hybridized carbons (Fsp3) is 0.120. The van der Waals surface area contributed by atoms with Gasteiger partial charge in [0.1, 0.15) is 0 Å². The number of amides is 1. The number of carbonyl (C=O) groups excluding carboxylic acids is 1. The Balaban J connectivity index is 1.46. The maximum atomic E-state index is 12.7. The maximum Gasteiger partial charge on any atom is 0.253 e. The molecule has 0 aliphatic carbocycles. The van der Waals surface area contributed by atoms with Gasteiger partial charge >= 0.3 is 0 Å². The highest BCUT2D eigenvalue weighted by Crippen LogP contribution is 2.26. The van der Waals surface area contributed by atoms with Crippen molar-refractivity contribution >= 4 is 57.1 Å². The number of para-hydroxylation sites is 1. The van der Waals surface area contributed by atoms with Crippen molar-refractivity contribution in [1.82, 2.24) is 20.2 Å². The van der Waals surface area contributed by atoms with Crippen LogP contribution in [0.4, 0.5) is 5.69 Å². The van der Waals surface area contributed by atoms with Crippen molar-refractivity contribution in [2.45, 2.75) is 23.9 Å². The summed E-state index contributed by atoms with van der Waals surface area (Å²) in [5.74, 6) is 0.487. The van der Waals surface area contributed by atoms with Crippen molar-refractivity contribution in [3.05, 3.63) is 99.7 Å². The summed E-state index contributed by atoms with van der Waals surface area (Å²) >= 11 is 10.7. The molecule has 10 heteroatoms. The van der Waals surface area contributed by atoms with Crippen LogP contribution in [0.25, 0.3) is 5.69 Å². The molecule has 0 aliphatic rings. The van der Waals surface area contributed by atoms with E-state index < -0.39 is 5.25 Å². The number of hydrazone groups is 1. The number of anilines is 1. The third kappa shape index (κ3) is 6.94. The molecule has 1 unspecified atom stereocenters. The smallest absolute Gasteiger partial charge is 0.253 e. The lowest BCUT2D eigenvalue weighted by Crippen LogP contribution is -2.27. The number of thioether (sulfide) groups is 1. The molecule has 0 spiro atoms. The van der Waals surface area contributed by atoms with E-state index in [-0.39, 0.29) is 5.91 Å². The number of hydrogen-bond acceptors (Lipinski definition) is 6. The largest absolute Gasteiger partial charge is 0.378 e. The van der Waals surface area contributed by atoms with E-state index >= 15 is 0 Å². The van der Waals surface area contributed by atoms with Crippen LogP contribution in [0.1, 0.15) is 18.3 Å². The standard InChI is InChI=1S/C25H22BrClN6OS/c1-17(24(34)31-29-15-18-7-9-19(26)10-8-18)35-25-32-30-23(33(25)22-5-3-2-4-6-22)16-28-21-13-11-20(27)12-14-21/h2-15,17,28H,16H2,1H3,(H,31,34)/b29-15+. The molecule has 35 heavy (non-hydrogen) atoms. The van der Waals surface area contributed by atoms with Crippen LogP contribution < -0.4 is 10.7 Å². The summed E-state index contributed by atoms with van der Waals surface area (Å²) in [7, 11) is 0. The van der Waals surface area contributed by atoms with Crippen LogP contribution in [0.15, 0.2) is 93.6 Å². The Bertz CT molecular complexity index is 1300. The first-order valence-corrected chi connectivity index (χ1v) is 12.8. The lowest BCUT2D eigenvalue weighted by molar-refractivity contribution is -0.120. The van der Waals surface area contributed by atoms with E-state index in [2.05, 4.69) is 42.0 Å². The molecule has 4 aromatic rings. The van der Waals surface area contributed by atoms with Crippen LogP contribution in [0.3, 0.4) is 0 Å². The van der Waals surface area contributed by atoms with Gasteiger partial charge in [0.05, 0.1) is 18.0 Å². The highest BCUT2D eigenvalue weighted by molar-refractivity contribution is 9.10. The molecule has 3 aromatic carbocycles. The summed E-state index contributed by atoms with van der Waals surface area (Å²) < 4.78 is 2.93. The Morgan fingerprint density at radius 3 is 2.51 bits per heavy atom. The first-order chi connectivity index (χ1) is 17.0. The zero-order valence-corrected chi connectivity index (χ0v) is 21.9. The van der Waals surface area contributed by atoms with Crippen LogP contribution in [-0.4, -0.2) is 32.1 Å². The molecule has 4 rings (SSSR count). The third-order valence-electron chi connectivity index (χ3n) is 4.92. The molecule has 2 N–H and O–H groups in total. The molecule has 178 valence electrons. The first kappa shape index (κ1) is 25.0. The molecule has 0 bridgehead atoms. The Kier molecular flexibility index (Phi) is 8.57. The number of halogens is 2. The minimum atomic E-state index is -0.444. The monoisotopic (exact) mass is 568 g/mol. The highest BCUT2D eigenvalue weighted by atomic mass is 79.9. The molecule has 1 heterocycles. The van der Waals surface area contributed by atoms with Gasteiger partial charge < -0.3 is 5.32 Å². The molecule has 0 aliphatic heterocycles. The average molecular weight is 570 g/mol. The van der Waals surface area contributed by atoms with E-state index in [9.17, 15) is 4.79 Å². The Morgan fingerprint density at radius 1 is 1.09 bits per heavy atom. The van der Waals surface area contributed by atoms with Crippen LogP contribution >= 0.6 is 39.3 Å². The second-order valence-corrected chi connectivity index (χ2v) is 10.1. The quantitative estimate of drug-likeness (QED) is 0.148. The predicted octanol–water partition coefficient (Wildman–Crippen LogP) is 5.93. The maximum absolute atomic E-state index is 12.7. The second kappa shape index (κ2) is 12.0. The van der Waals surface area contributed by atoms with Gasteiger partial charge in [-0.3, -0.25) is 9.36 Å². The van der Waals surface area contributed by atoms with Crippen LogP contribution in [0.5, 0.6) is 0 Å². The minimum Gasteiger partial charge on any atom is -0.378 e. The van der Waals surface area contributed by atoms with E-state index in [1.165, 1.54) is 11.8 Å². The van der Waals surface area contributed by atoms with Crippen LogP contribution in [0, 0.1) is 0 Å². The topological polar surface area (TPSA) is 84.2 Å². The third-order valence-corrected chi connectivity index (χ3v) is 6.74. The van der Waals surface area contributed by atoms with Crippen molar-refractivity contribution in [3.8, 4) is 5.69 Å². The van der Waals surface area contributed by atoms with Gasteiger partial charge in [0.25, 0.3) is 5.91 Å². The molecular formula is C25H22BrClN6OS. The van der Waals surface area contributed by atoms with E-state index in [1.54, 1.807) is 6.21 Å². The molecule has 1 atom stereocenters. The fourth-order valence-corrected chi connectivity index (χ4v) is 4.37. The Labute approximate surface area is 221 Å². The number of rotatable bonds is 9. The number of hydrogen-bond donors (Lipinski definition) is 2. The fourth-order valence-electron chi connectivity index (χ4n) is 3.10. The summed E-state index contributed by atoms with van der Waals surface area (Å²) in [6.07, 6.45) is 1.61. The summed E-state index contributed by atoms with van der Waals surface area (Å²) in [5.41, 5.74) is 5.32. The van der Waals surface area contributed by atoms with Gasteiger partial charge in [-0.1, -0.05) is 69.6 Å². The summed E-state index contributed by atoms with van der Waals surface area (Å²) in [6, 6.07) is 24.9. The molecule has 1 amide bonds. The van der Waals surface area contributed by atoms with Gasteiger partial charge in [-0.15, -0.1) is 10.2 Å². The summed E-state index contributed by atoms with van der Waals surface area (Å²) in [6.45, 7) is 2.26. The van der Waals surface area contributed by atoms with Crippen molar-refractivity contribution in [1.29, 1.82) is 0 Å². The van der Waals surface area contributed by atoms with Gasteiger partial charge in [0.15, 0.2) is 11.0 Å². The zero-order chi connectivity index (χ0) is 24.6. The Morgan fingerprint density at radius 2 is 1.80 bits per heavy atom. The average Bonchev–Trinajstić information content (AvgIpc) is 3.27. The molecule has 0 radical (unpaired) electrons. The SMILES string of the molecule is CC(Sc1nnc(CNc2ccc(Cl)cc2)n1-c1ccccc1)C(=O)N/N=C/c1ccc(Br)cc1. The van der Waals surface area contributed by atoms with Gasteiger partial charge in [-0.2, -0.15) is 5.10 Å². The normalized spacial score (nSPS) is 12.0. The molecule has 0 fully saturated rings. The van der Waals surface area contributed by atoms with Gasteiger partial charge in [0, 0.05) is 20.9 Å².